The molecule has 1 aromatic rings. The van der Waals surface area contributed by atoms with Crippen molar-refractivity contribution in [2.24, 2.45) is 13.0 Å². The molecule has 0 bridgehead atoms. The van der Waals surface area contributed by atoms with Gasteiger partial charge in [0.05, 0.1) is 5.69 Å². The molecule has 17 heavy (non-hydrogen) atoms. The fourth-order valence-corrected chi connectivity index (χ4v) is 2.68. The molecule has 0 aromatic carbocycles. The smallest absolute Gasteiger partial charge is 0.0638 e. The summed E-state index contributed by atoms with van der Waals surface area (Å²) in [7, 11) is 4.20. The molecule has 0 spiro atoms. The Balaban J connectivity index is 1.83. The van der Waals surface area contributed by atoms with Gasteiger partial charge in [0.2, 0.25) is 0 Å². The first kappa shape index (κ1) is 12.6. The summed E-state index contributed by atoms with van der Waals surface area (Å²) in [6.45, 7) is 6.65. The Morgan fingerprint density at radius 2 is 2.41 bits per heavy atom. The highest BCUT2D eigenvalue weighted by Crippen LogP contribution is 2.13. The molecule has 1 fully saturated rings. The molecule has 0 aliphatic carbocycles. The average Bonchev–Trinajstić information content (AvgIpc) is 2.58. The number of nitrogens with zero attached hydrogens (tertiary/aromatic N) is 3. The van der Waals surface area contributed by atoms with E-state index in [0.29, 0.717) is 0 Å². The standard InChI is InChI=1S/C13H24N4/c1-11-13(10-17(3)15-11)9-16(2)8-12-5-4-6-14-7-12/h10,12,14H,4-9H2,1-3H3/t12-/m0/s1. The molecule has 0 saturated carbocycles. The molecule has 0 unspecified atom stereocenters. The largest absolute Gasteiger partial charge is 0.316 e. The summed E-state index contributed by atoms with van der Waals surface area (Å²) in [6, 6.07) is 0. The third kappa shape index (κ3) is 3.54. The van der Waals surface area contributed by atoms with Crippen LogP contribution in [-0.4, -0.2) is 41.4 Å². The zero-order valence-corrected chi connectivity index (χ0v) is 11.2. The lowest BCUT2D eigenvalue weighted by Gasteiger charge is -2.27. The first-order chi connectivity index (χ1) is 8.15. The maximum Gasteiger partial charge on any atom is 0.0638 e. The van der Waals surface area contributed by atoms with E-state index < -0.39 is 0 Å². The van der Waals surface area contributed by atoms with E-state index in [0.717, 1.165) is 18.2 Å². The van der Waals surface area contributed by atoms with Gasteiger partial charge in [0.25, 0.3) is 0 Å². The zero-order valence-electron chi connectivity index (χ0n) is 11.2. The van der Waals surface area contributed by atoms with E-state index in [1.807, 2.05) is 11.7 Å². The molecular weight excluding hydrogens is 212 g/mol. The lowest BCUT2D eigenvalue weighted by atomic mass is 9.99. The summed E-state index contributed by atoms with van der Waals surface area (Å²) in [5.41, 5.74) is 2.50. The fourth-order valence-electron chi connectivity index (χ4n) is 2.68. The second-order valence-electron chi connectivity index (χ2n) is 5.32. The first-order valence-corrected chi connectivity index (χ1v) is 6.53. The van der Waals surface area contributed by atoms with Gasteiger partial charge >= 0.3 is 0 Å². The van der Waals surface area contributed by atoms with Crippen LogP contribution in [0, 0.1) is 12.8 Å². The first-order valence-electron chi connectivity index (χ1n) is 6.53. The van der Waals surface area contributed by atoms with E-state index in [1.54, 1.807) is 0 Å². The maximum absolute atomic E-state index is 4.39. The van der Waals surface area contributed by atoms with Crippen LogP contribution in [-0.2, 0) is 13.6 Å². The quantitative estimate of drug-likeness (QED) is 0.851. The number of aryl methyl sites for hydroxylation is 2. The molecule has 2 heterocycles. The average molecular weight is 236 g/mol. The summed E-state index contributed by atoms with van der Waals surface area (Å²) in [4.78, 5) is 2.42. The zero-order chi connectivity index (χ0) is 12.3. The van der Waals surface area contributed by atoms with Crippen molar-refractivity contribution in [1.29, 1.82) is 0 Å². The number of aromatic nitrogens is 2. The maximum atomic E-state index is 4.39. The van der Waals surface area contributed by atoms with Crippen molar-refractivity contribution in [3.05, 3.63) is 17.5 Å². The lowest BCUT2D eigenvalue weighted by Crippen LogP contribution is -2.36. The van der Waals surface area contributed by atoms with Crippen LogP contribution < -0.4 is 5.32 Å². The molecule has 0 amide bonds. The van der Waals surface area contributed by atoms with E-state index in [9.17, 15) is 0 Å². The van der Waals surface area contributed by atoms with E-state index in [-0.39, 0.29) is 0 Å². The molecule has 4 heteroatoms. The molecule has 1 aromatic heterocycles. The Morgan fingerprint density at radius 3 is 3.00 bits per heavy atom. The summed E-state index contributed by atoms with van der Waals surface area (Å²) in [5, 5.41) is 7.87. The van der Waals surface area contributed by atoms with Gasteiger partial charge in [0.15, 0.2) is 0 Å². The summed E-state index contributed by atoms with van der Waals surface area (Å²) >= 11 is 0. The minimum absolute atomic E-state index is 0.811. The Hall–Kier alpha value is -0.870. The molecule has 0 radical (unpaired) electrons. The summed E-state index contributed by atoms with van der Waals surface area (Å²) in [5.74, 6) is 0.811. The predicted molar refractivity (Wildman–Crippen MR) is 69.9 cm³/mol. The van der Waals surface area contributed by atoms with Crippen molar-refractivity contribution in [3.63, 3.8) is 0 Å². The van der Waals surface area contributed by atoms with Crippen LogP contribution in [0.25, 0.3) is 0 Å². The van der Waals surface area contributed by atoms with Gasteiger partial charge in [-0.2, -0.15) is 5.10 Å². The number of hydrogen-bond donors (Lipinski definition) is 1. The normalized spacial score (nSPS) is 21.1. The van der Waals surface area contributed by atoms with Gasteiger partial charge in [-0.3, -0.25) is 4.68 Å². The van der Waals surface area contributed by atoms with Crippen LogP contribution in [0.4, 0.5) is 0 Å². The molecule has 1 N–H and O–H groups in total. The van der Waals surface area contributed by atoms with Crippen molar-refractivity contribution in [2.45, 2.75) is 26.3 Å². The van der Waals surface area contributed by atoms with E-state index in [2.05, 4.69) is 35.5 Å². The van der Waals surface area contributed by atoms with Gasteiger partial charge in [-0.1, -0.05) is 0 Å². The Bertz CT molecular complexity index is 352. The lowest BCUT2D eigenvalue weighted by molar-refractivity contribution is 0.237. The van der Waals surface area contributed by atoms with E-state index >= 15 is 0 Å². The van der Waals surface area contributed by atoms with Crippen LogP contribution in [0.2, 0.25) is 0 Å². The molecule has 2 rings (SSSR count). The molecule has 1 atom stereocenters. The Kier molecular flexibility index (Phi) is 4.18. The highest BCUT2D eigenvalue weighted by molar-refractivity contribution is 5.14. The second kappa shape index (κ2) is 5.65. The molecule has 1 saturated heterocycles. The SMILES string of the molecule is Cc1nn(C)cc1CN(C)C[C@H]1CCCNC1. The van der Waals surface area contributed by atoms with E-state index in [4.69, 9.17) is 0 Å². The summed E-state index contributed by atoms with van der Waals surface area (Å²) < 4.78 is 1.90. The van der Waals surface area contributed by atoms with Crippen LogP contribution in [0.15, 0.2) is 6.20 Å². The Morgan fingerprint density at radius 1 is 1.59 bits per heavy atom. The van der Waals surface area contributed by atoms with Crippen molar-refractivity contribution in [2.75, 3.05) is 26.7 Å². The number of nitrogens with one attached hydrogen (secondary N) is 1. The van der Waals surface area contributed by atoms with Gasteiger partial charge in [0, 0.05) is 31.9 Å². The van der Waals surface area contributed by atoms with Crippen LogP contribution in [0.3, 0.4) is 0 Å². The van der Waals surface area contributed by atoms with Crippen molar-refractivity contribution in [3.8, 4) is 0 Å². The Labute approximate surface area is 104 Å². The molecule has 1 aliphatic rings. The molecular formula is C13H24N4. The third-order valence-corrected chi connectivity index (χ3v) is 3.52. The van der Waals surface area contributed by atoms with Gasteiger partial charge in [-0.25, -0.2) is 0 Å². The molecule has 96 valence electrons. The fraction of sp³-hybridized carbons (Fsp3) is 0.769. The number of rotatable bonds is 4. The van der Waals surface area contributed by atoms with Crippen molar-refractivity contribution < 1.29 is 0 Å². The van der Waals surface area contributed by atoms with Crippen LogP contribution >= 0.6 is 0 Å². The molecule has 4 nitrogen and oxygen atoms in total. The highest BCUT2D eigenvalue weighted by Gasteiger charge is 2.15. The second-order valence-corrected chi connectivity index (χ2v) is 5.32. The topological polar surface area (TPSA) is 33.1 Å². The van der Waals surface area contributed by atoms with Gasteiger partial charge in [-0.05, 0) is 45.8 Å². The minimum atomic E-state index is 0.811. The predicted octanol–water partition coefficient (Wildman–Crippen LogP) is 1.16. The third-order valence-electron chi connectivity index (χ3n) is 3.52. The van der Waals surface area contributed by atoms with Crippen molar-refractivity contribution >= 4 is 0 Å². The monoisotopic (exact) mass is 236 g/mol. The van der Waals surface area contributed by atoms with Crippen molar-refractivity contribution in [1.82, 2.24) is 20.0 Å². The van der Waals surface area contributed by atoms with Gasteiger partial charge in [-0.15, -0.1) is 0 Å². The summed E-state index contributed by atoms with van der Waals surface area (Å²) in [6.07, 6.45) is 4.82. The molecule has 1 aliphatic heterocycles. The highest BCUT2D eigenvalue weighted by atomic mass is 15.3. The van der Waals surface area contributed by atoms with Gasteiger partial charge in [0.1, 0.15) is 0 Å². The van der Waals surface area contributed by atoms with Crippen LogP contribution in [0.5, 0.6) is 0 Å². The van der Waals surface area contributed by atoms with Crippen LogP contribution in [0.1, 0.15) is 24.1 Å². The number of hydrogen-bond acceptors (Lipinski definition) is 3. The van der Waals surface area contributed by atoms with Gasteiger partial charge < -0.3 is 10.2 Å². The minimum Gasteiger partial charge on any atom is -0.316 e. The van der Waals surface area contributed by atoms with E-state index in [1.165, 1.54) is 38.0 Å². The number of piperidine rings is 1.